The lowest BCUT2D eigenvalue weighted by Crippen LogP contribution is -2.45. The van der Waals surface area contributed by atoms with Gasteiger partial charge in [0.1, 0.15) is 5.82 Å². The number of benzene rings is 1. The van der Waals surface area contributed by atoms with Crippen LogP contribution in [0.3, 0.4) is 0 Å². The largest absolute Gasteiger partial charge is 0.377 e. The molecule has 1 rings (SSSR count). The van der Waals surface area contributed by atoms with E-state index in [2.05, 4.69) is 15.6 Å². The van der Waals surface area contributed by atoms with Gasteiger partial charge < -0.3 is 15.4 Å². The summed E-state index contributed by atoms with van der Waals surface area (Å²) in [5.74, 6) is 0.263. The second kappa shape index (κ2) is 8.20. The van der Waals surface area contributed by atoms with Crippen LogP contribution in [-0.4, -0.2) is 31.8 Å². The van der Waals surface area contributed by atoms with Crippen LogP contribution in [0.15, 0.2) is 23.2 Å². The number of nitrogens with zero attached hydrogens (tertiary/aromatic N) is 1. The van der Waals surface area contributed by atoms with Gasteiger partial charge in [0.15, 0.2) is 5.96 Å². The molecule has 0 aromatic heterocycles. The molecule has 0 fully saturated rings. The molecule has 0 spiro atoms. The number of guanidine groups is 1. The molecule has 21 heavy (non-hydrogen) atoms. The third-order valence-corrected chi connectivity index (χ3v) is 3.27. The fraction of sp³-hybridized carbons (Fsp3) is 0.533. The van der Waals surface area contributed by atoms with E-state index in [4.69, 9.17) is 16.3 Å². The van der Waals surface area contributed by atoms with Crippen LogP contribution in [0.5, 0.6) is 0 Å². The van der Waals surface area contributed by atoms with Crippen LogP contribution in [0.2, 0.25) is 5.02 Å². The standard InChI is InChI=1S/C15H23ClFN3O/c1-5-18-14(20-10-15(2,3)21-4)19-9-11-6-7-13(17)12(16)8-11/h6-8H,5,9-10H2,1-4H3,(H2,18,19,20). The maximum atomic E-state index is 13.1. The van der Waals surface area contributed by atoms with Crippen molar-refractivity contribution in [3.8, 4) is 0 Å². The zero-order valence-electron chi connectivity index (χ0n) is 13.0. The van der Waals surface area contributed by atoms with Crippen molar-refractivity contribution in [1.82, 2.24) is 10.6 Å². The lowest BCUT2D eigenvalue weighted by Gasteiger charge is -2.24. The van der Waals surface area contributed by atoms with Crippen LogP contribution < -0.4 is 10.6 Å². The maximum Gasteiger partial charge on any atom is 0.191 e. The Morgan fingerprint density at radius 1 is 1.38 bits per heavy atom. The van der Waals surface area contributed by atoms with E-state index in [-0.39, 0.29) is 10.6 Å². The molecule has 1 aromatic rings. The van der Waals surface area contributed by atoms with Crippen molar-refractivity contribution in [3.05, 3.63) is 34.6 Å². The highest BCUT2D eigenvalue weighted by Crippen LogP contribution is 2.16. The molecule has 0 atom stereocenters. The Kier molecular flexibility index (Phi) is 6.92. The Bertz CT molecular complexity index is 492. The molecule has 0 saturated carbocycles. The van der Waals surface area contributed by atoms with Gasteiger partial charge in [-0.3, -0.25) is 0 Å². The lowest BCUT2D eigenvalue weighted by atomic mass is 10.1. The van der Waals surface area contributed by atoms with Crippen molar-refractivity contribution >= 4 is 17.6 Å². The van der Waals surface area contributed by atoms with Gasteiger partial charge in [-0.05, 0) is 38.5 Å². The smallest absolute Gasteiger partial charge is 0.191 e. The predicted molar refractivity (Wildman–Crippen MR) is 85.3 cm³/mol. The number of aliphatic imine (C=N–C) groups is 1. The summed E-state index contributed by atoms with van der Waals surface area (Å²) in [6.45, 7) is 7.77. The molecule has 0 unspecified atom stereocenters. The number of hydrogen-bond donors (Lipinski definition) is 2. The molecular formula is C15H23ClFN3O. The van der Waals surface area contributed by atoms with E-state index in [0.717, 1.165) is 12.1 Å². The van der Waals surface area contributed by atoms with Crippen LogP contribution in [0.4, 0.5) is 4.39 Å². The summed E-state index contributed by atoms with van der Waals surface area (Å²) >= 11 is 5.76. The molecule has 4 nitrogen and oxygen atoms in total. The minimum Gasteiger partial charge on any atom is -0.377 e. The van der Waals surface area contributed by atoms with Gasteiger partial charge in [0.25, 0.3) is 0 Å². The normalized spacial score (nSPS) is 12.4. The van der Waals surface area contributed by atoms with Gasteiger partial charge >= 0.3 is 0 Å². The van der Waals surface area contributed by atoms with Gasteiger partial charge in [0, 0.05) is 20.2 Å². The molecule has 0 saturated heterocycles. The van der Waals surface area contributed by atoms with Crippen LogP contribution >= 0.6 is 11.6 Å². The summed E-state index contributed by atoms with van der Waals surface area (Å²) in [5.41, 5.74) is 0.569. The Hall–Kier alpha value is -1.33. The summed E-state index contributed by atoms with van der Waals surface area (Å²) in [6.07, 6.45) is 0. The highest BCUT2D eigenvalue weighted by molar-refractivity contribution is 6.30. The fourth-order valence-electron chi connectivity index (χ4n) is 1.52. The number of halogens is 2. The first-order chi connectivity index (χ1) is 9.88. The number of nitrogens with one attached hydrogen (secondary N) is 2. The average molecular weight is 316 g/mol. The van der Waals surface area contributed by atoms with Gasteiger partial charge in [0.2, 0.25) is 0 Å². The molecule has 0 heterocycles. The first-order valence-electron chi connectivity index (χ1n) is 6.89. The quantitative estimate of drug-likeness (QED) is 0.626. The van der Waals surface area contributed by atoms with Crippen LogP contribution in [-0.2, 0) is 11.3 Å². The molecule has 6 heteroatoms. The van der Waals surface area contributed by atoms with Crippen LogP contribution in [0.25, 0.3) is 0 Å². The van der Waals surface area contributed by atoms with E-state index in [9.17, 15) is 4.39 Å². The Balaban J connectivity index is 2.68. The molecule has 0 aliphatic heterocycles. The molecular weight excluding hydrogens is 293 g/mol. The number of ether oxygens (including phenoxy) is 1. The van der Waals surface area contributed by atoms with Gasteiger partial charge in [-0.15, -0.1) is 0 Å². The number of rotatable bonds is 6. The molecule has 0 radical (unpaired) electrons. The van der Waals surface area contributed by atoms with E-state index in [0.29, 0.717) is 19.0 Å². The second-order valence-corrected chi connectivity index (χ2v) is 5.67. The van der Waals surface area contributed by atoms with Gasteiger partial charge in [-0.25, -0.2) is 9.38 Å². The van der Waals surface area contributed by atoms with Gasteiger partial charge in [-0.1, -0.05) is 17.7 Å². The third-order valence-electron chi connectivity index (χ3n) is 2.98. The Morgan fingerprint density at radius 2 is 2.10 bits per heavy atom. The van der Waals surface area contributed by atoms with E-state index in [1.54, 1.807) is 19.2 Å². The van der Waals surface area contributed by atoms with E-state index in [1.165, 1.54) is 6.07 Å². The third kappa shape index (κ3) is 6.31. The highest BCUT2D eigenvalue weighted by Gasteiger charge is 2.16. The molecule has 0 bridgehead atoms. The summed E-state index contributed by atoms with van der Waals surface area (Å²) in [5, 5.41) is 6.48. The summed E-state index contributed by atoms with van der Waals surface area (Å²) in [6, 6.07) is 4.61. The molecule has 0 aliphatic carbocycles. The summed E-state index contributed by atoms with van der Waals surface area (Å²) in [4.78, 5) is 4.45. The van der Waals surface area contributed by atoms with Crippen molar-refractivity contribution in [3.63, 3.8) is 0 Å². The molecule has 0 aliphatic rings. The van der Waals surface area contributed by atoms with Gasteiger partial charge in [-0.2, -0.15) is 0 Å². The maximum absolute atomic E-state index is 13.1. The highest BCUT2D eigenvalue weighted by atomic mass is 35.5. The molecule has 118 valence electrons. The number of hydrogen-bond acceptors (Lipinski definition) is 2. The van der Waals surface area contributed by atoms with Crippen molar-refractivity contribution in [2.24, 2.45) is 4.99 Å². The fourth-order valence-corrected chi connectivity index (χ4v) is 1.72. The van der Waals surface area contributed by atoms with Crippen molar-refractivity contribution in [2.45, 2.75) is 32.9 Å². The zero-order valence-corrected chi connectivity index (χ0v) is 13.7. The Labute approximate surface area is 130 Å². The number of methoxy groups -OCH3 is 1. The van der Waals surface area contributed by atoms with Crippen molar-refractivity contribution in [2.75, 3.05) is 20.2 Å². The predicted octanol–water partition coefficient (Wildman–Crippen LogP) is 2.96. The topological polar surface area (TPSA) is 45.7 Å². The lowest BCUT2D eigenvalue weighted by molar-refractivity contribution is 0.0268. The van der Waals surface area contributed by atoms with E-state index >= 15 is 0 Å². The monoisotopic (exact) mass is 315 g/mol. The van der Waals surface area contributed by atoms with E-state index in [1.807, 2.05) is 20.8 Å². The molecule has 2 N–H and O–H groups in total. The summed E-state index contributed by atoms with van der Waals surface area (Å²) in [7, 11) is 1.67. The minimum atomic E-state index is -0.420. The Morgan fingerprint density at radius 3 is 2.67 bits per heavy atom. The van der Waals surface area contributed by atoms with Crippen LogP contribution in [0, 0.1) is 5.82 Å². The zero-order chi connectivity index (χ0) is 15.9. The first kappa shape index (κ1) is 17.7. The molecule has 0 amide bonds. The second-order valence-electron chi connectivity index (χ2n) is 5.26. The van der Waals surface area contributed by atoms with E-state index < -0.39 is 5.82 Å². The van der Waals surface area contributed by atoms with Crippen LogP contribution in [0.1, 0.15) is 26.3 Å². The van der Waals surface area contributed by atoms with Gasteiger partial charge in [0.05, 0.1) is 17.2 Å². The first-order valence-corrected chi connectivity index (χ1v) is 7.27. The average Bonchev–Trinajstić information content (AvgIpc) is 2.45. The van der Waals surface area contributed by atoms with Crippen molar-refractivity contribution < 1.29 is 9.13 Å². The SMILES string of the molecule is CCNC(=NCc1ccc(F)c(Cl)c1)NCC(C)(C)OC. The summed E-state index contributed by atoms with van der Waals surface area (Å²) < 4.78 is 18.5. The minimum absolute atomic E-state index is 0.112. The molecule has 1 aromatic carbocycles. The van der Waals surface area contributed by atoms with Crippen molar-refractivity contribution in [1.29, 1.82) is 0 Å².